The van der Waals surface area contributed by atoms with E-state index in [0.717, 1.165) is 5.69 Å². The highest BCUT2D eigenvalue weighted by atomic mass is 35.5. The molecule has 2 aromatic rings. The van der Waals surface area contributed by atoms with Crippen molar-refractivity contribution in [3.63, 3.8) is 0 Å². The summed E-state index contributed by atoms with van der Waals surface area (Å²) in [4.78, 5) is 4.16. The van der Waals surface area contributed by atoms with Crippen LogP contribution in [-0.4, -0.2) is 37.6 Å². The molecule has 0 saturated heterocycles. The van der Waals surface area contributed by atoms with E-state index in [0.29, 0.717) is 10.9 Å². The molecule has 1 aromatic carbocycles. The van der Waals surface area contributed by atoms with E-state index >= 15 is 0 Å². The van der Waals surface area contributed by atoms with Crippen LogP contribution in [0.3, 0.4) is 0 Å². The largest absolute Gasteiger partial charge is 0.391 e. The summed E-state index contributed by atoms with van der Waals surface area (Å²) in [6.07, 6.45) is 1.13. The summed E-state index contributed by atoms with van der Waals surface area (Å²) in [5, 5.41) is 14.3. The van der Waals surface area contributed by atoms with Gasteiger partial charge in [-0.2, -0.15) is 0 Å². The van der Waals surface area contributed by atoms with Crippen LogP contribution in [0.4, 0.5) is 0 Å². The molecule has 0 fully saturated rings. The maximum atomic E-state index is 9.33. The minimum absolute atomic E-state index is 0.229. The predicted octanol–water partition coefficient (Wildman–Crippen LogP) is 1.96. The van der Waals surface area contributed by atoms with Gasteiger partial charge in [0, 0.05) is 11.6 Å². The summed E-state index contributed by atoms with van der Waals surface area (Å²) in [5.74, 6) is 0.731. The first-order valence-corrected chi connectivity index (χ1v) is 6.65. The molecule has 0 aliphatic carbocycles. The van der Waals surface area contributed by atoms with Crippen LogP contribution >= 0.6 is 23.4 Å². The molecule has 1 heterocycles. The topological polar surface area (TPSA) is 50.9 Å². The summed E-state index contributed by atoms with van der Waals surface area (Å²) in [7, 11) is 0. The summed E-state index contributed by atoms with van der Waals surface area (Å²) >= 11 is 6.90. The van der Waals surface area contributed by atoms with Crippen molar-refractivity contribution < 1.29 is 5.11 Å². The van der Waals surface area contributed by atoms with Gasteiger partial charge in [0.05, 0.1) is 11.8 Å². The number of aliphatic hydroxyl groups excluding tert-OH is 1. The van der Waals surface area contributed by atoms with Crippen LogP contribution in [0.2, 0.25) is 0 Å². The van der Waals surface area contributed by atoms with Crippen molar-refractivity contribution in [3.05, 3.63) is 36.7 Å². The van der Waals surface area contributed by atoms with Crippen molar-refractivity contribution in [1.82, 2.24) is 14.8 Å². The quantitative estimate of drug-likeness (QED) is 0.666. The maximum absolute atomic E-state index is 9.33. The van der Waals surface area contributed by atoms with E-state index < -0.39 is 6.10 Å². The Morgan fingerprint density at radius 1 is 1.35 bits per heavy atom. The lowest BCUT2D eigenvalue weighted by atomic mass is 10.3. The number of halogens is 1. The van der Waals surface area contributed by atoms with Crippen molar-refractivity contribution in [2.24, 2.45) is 0 Å². The molecule has 0 saturated carbocycles. The molecule has 17 heavy (non-hydrogen) atoms. The van der Waals surface area contributed by atoms with Crippen LogP contribution in [0.5, 0.6) is 0 Å². The summed E-state index contributed by atoms with van der Waals surface area (Å²) in [6, 6.07) is 9.75. The standard InChI is InChI=1S/C11H12ClN3OS/c12-6-10(16)7-17-11-13-8-15(14-11)9-4-2-1-3-5-9/h1-5,8,10,16H,6-7H2. The second kappa shape index (κ2) is 6.05. The Labute approximate surface area is 109 Å². The van der Waals surface area contributed by atoms with E-state index in [1.807, 2.05) is 30.3 Å². The molecule has 0 aliphatic heterocycles. The van der Waals surface area contributed by atoms with Crippen LogP contribution in [0, 0.1) is 0 Å². The summed E-state index contributed by atoms with van der Waals surface area (Å²) in [6.45, 7) is 0. The fourth-order valence-electron chi connectivity index (χ4n) is 1.23. The number of hydrogen-bond acceptors (Lipinski definition) is 4. The van der Waals surface area contributed by atoms with E-state index in [1.54, 1.807) is 11.0 Å². The zero-order chi connectivity index (χ0) is 12.1. The van der Waals surface area contributed by atoms with Gasteiger partial charge >= 0.3 is 0 Å². The van der Waals surface area contributed by atoms with Crippen molar-refractivity contribution in [2.45, 2.75) is 11.3 Å². The van der Waals surface area contributed by atoms with Crippen molar-refractivity contribution in [2.75, 3.05) is 11.6 Å². The van der Waals surface area contributed by atoms with Gasteiger partial charge in [-0.15, -0.1) is 16.7 Å². The second-order valence-electron chi connectivity index (χ2n) is 3.43. The van der Waals surface area contributed by atoms with E-state index in [1.165, 1.54) is 11.8 Å². The molecule has 90 valence electrons. The molecule has 1 aromatic heterocycles. The fraction of sp³-hybridized carbons (Fsp3) is 0.273. The monoisotopic (exact) mass is 269 g/mol. The van der Waals surface area contributed by atoms with Crippen molar-refractivity contribution >= 4 is 23.4 Å². The number of aromatic nitrogens is 3. The fourth-order valence-corrected chi connectivity index (χ4v) is 2.20. The van der Waals surface area contributed by atoms with Crippen LogP contribution in [-0.2, 0) is 0 Å². The van der Waals surface area contributed by atoms with E-state index in [4.69, 9.17) is 11.6 Å². The normalized spacial score (nSPS) is 12.6. The number of rotatable bonds is 5. The molecule has 1 atom stereocenters. The van der Waals surface area contributed by atoms with Crippen molar-refractivity contribution in [3.8, 4) is 5.69 Å². The maximum Gasteiger partial charge on any atom is 0.208 e. The lowest BCUT2D eigenvalue weighted by Crippen LogP contribution is -2.11. The number of thioether (sulfide) groups is 1. The summed E-state index contributed by atoms with van der Waals surface area (Å²) in [5.41, 5.74) is 0.963. The highest BCUT2D eigenvalue weighted by Crippen LogP contribution is 2.15. The molecule has 4 nitrogen and oxygen atoms in total. The van der Waals surface area contributed by atoms with Gasteiger partial charge < -0.3 is 5.11 Å². The number of aliphatic hydroxyl groups is 1. The second-order valence-corrected chi connectivity index (χ2v) is 4.72. The Kier molecular flexibility index (Phi) is 4.42. The minimum Gasteiger partial charge on any atom is -0.391 e. The Hall–Kier alpha value is -1.04. The van der Waals surface area contributed by atoms with Gasteiger partial charge in [0.2, 0.25) is 5.16 Å². The van der Waals surface area contributed by atoms with Gasteiger partial charge in [0.25, 0.3) is 0 Å². The Balaban J connectivity index is 2.01. The van der Waals surface area contributed by atoms with E-state index in [2.05, 4.69) is 10.1 Å². The first-order chi connectivity index (χ1) is 8.29. The molecule has 0 spiro atoms. The third kappa shape index (κ3) is 3.46. The van der Waals surface area contributed by atoms with Crippen molar-refractivity contribution in [1.29, 1.82) is 0 Å². The third-order valence-corrected chi connectivity index (χ3v) is 3.43. The highest BCUT2D eigenvalue weighted by molar-refractivity contribution is 7.99. The van der Waals surface area contributed by atoms with Crippen LogP contribution in [0.25, 0.3) is 5.69 Å². The lowest BCUT2D eigenvalue weighted by molar-refractivity contribution is 0.223. The van der Waals surface area contributed by atoms with Crippen LogP contribution < -0.4 is 0 Å². The molecule has 2 rings (SSSR count). The van der Waals surface area contributed by atoms with Gasteiger partial charge in [-0.25, -0.2) is 9.67 Å². The average molecular weight is 270 g/mol. The molecule has 0 aliphatic rings. The molecule has 1 unspecified atom stereocenters. The number of benzene rings is 1. The number of para-hydroxylation sites is 1. The number of alkyl halides is 1. The third-order valence-electron chi connectivity index (χ3n) is 2.07. The molecule has 1 N–H and O–H groups in total. The molecule has 0 radical (unpaired) electrons. The SMILES string of the molecule is OC(CCl)CSc1ncn(-c2ccccc2)n1. The molecule has 0 amide bonds. The van der Waals surface area contributed by atoms with Gasteiger partial charge in [0.15, 0.2) is 0 Å². The first kappa shape index (κ1) is 12.4. The van der Waals surface area contributed by atoms with Gasteiger partial charge in [-0.3, -0.25) is 0 Å². The Morgan fingerprint density at radius 2 is 2.12 bits per heavy atom. The molecular weight excluding hydrogens is 258 g/mol. The zero-order valence-corrected chi connectivity index (χ0v) is 10.6. The number of hydrogen-bond donors (Lipinski definition) is 1. The van der Waals surface area contributed by atoms with E-state index in [-0.39, 0.29) is 5.88 Å². The van der Waals surface area contributed by atoms with Gasteiger partial charge in [-0.05, 0) is 12.1 Å². The van der Waals surface area contributed by atoms with Crippen LogP contribution in [0.15, 0.2) is 41.8 Å². The van der Waals surface area contributed by atoms with Gasteiger partial charge in [-0.1, -0.05) is 30.0 Å². The Bertz CT molecular complexity index is 463. The number of nitrogens with zero attached hydrogens (tertiary/aromatic N) is 3. The van der Waals surface area contributed by atoms with Crippen LogP contribution in [0.1, 0.15) is 0 Å². The zero-order valence-electron chi connectivity index (χ0n) is 9.03. The highest BCUT2D eigenvalue weighted by Gasteiger charge is 2.07. The molecular formula is C11H12ClN3OS. The van der Waals surface area contributed by atoms with Gasteiger partial charge in [0.1, 0.15) is 6.33 Å². The first-order valence-electron chi connectivity index (χ1n) is 5.13. The predicted molar refractivity (Wildman–Crippen MR) is 68.8 cm³/mol. The minimum atomic E-state index is -0.523. The Morgan fingerprint density at radius 3 is 2.82 bits per heavy atom. The molecule has 0 bridgehead atoms. The smallest absolute Gasteiger partial charge is 0.208 e. The lowest BCUT2D eigenvalue weighted by Gasteiger charge is -2.02. The summed E-state index contributed by atoms with van der Waals surface area (Å²) < 4.78 is 1.70. The average Bonchev–Trinajstić information content (AvgIpc) is 2.86. The van der Waals surface area contributed by atoms with E-state index in [9.17, 15) is 5.11 Å². The molecule has 6 heteroatoms.